The van der Waals surface area contributed by atoms with Crippen molar-refractivity contribution in [2.75, 3.05) is 13.2 Å². The second-order valence-electron chi connectivity index (χ2n) is 16.3. The van der Waals surface area contributed by atoms with Crippen molar-refractivity contribution in [2.24, 2.45) is 0 Å². The molecule has 0 aromatic rings. The van der Waals surface area contributed by atoms with Crippen LogP contribution in [0.5, 0.6) is 0 Å². The molecule has 0 amide bonds. The Bertz CT molecular complexity index is 1260. The van der Waals surface area contributed by atoms with Crippen LogP contribution < -0.4 is 0 Å². The molecule has 0 aliphatic rings. The molecule has 0 heterocycles. The minimum Gasteiger partial charge on any atom is -0.462 e. The molecule has 0 aromatic heterocycles. The minimum absolute atomic E-state index is 0.133. The Morgan fingerprint density at radius 1 is 0.339 bits per heavy atom. The normalized spacial score (nSPS) is 12.9. The molecule has 0 aliphatic carbocycles. The summed E-state index contributed by atoms with van der Waals surface area (Å²) in [7, 11) is 0. The van der Waals surface area contributed by atoms with Gasteiger partial charge in [0.05, 0.1) is 0 Å². The lowest BCUT2D eigenvalue weighted by Crippen LogP contribution is -2.30. The molecule has 6 heteroatoms. The number of rotatable bonds is 44. The highest BCUT2D eigenvalue weighted by molar-refractivity contribution is 5.71. The van der Waals surface area contributed by atoms with Gasteiger partial charge in [0.2, 0.25) is 0 Å². The summed E-state index contributed by atoms with van der Waals surface area (Å²) in [6, 6.07) is 0. The third kappa shape index (κ3) is 47.4. The molecule has 352 valence electrons. The molecular formula is C56H92O6. The first-order valence-corrected chi connectivity index (χ1v) is 25.2. The number of esters is 3. The molecule has 0 rings (SSSR count). The van der Waals surface area contributed by atoms with Gasteiger partial charge in [0.25, 0.3) is 0 Å². The Kier molecular flexibility index (Phi) is 47.0. The first-order chi connectivity index (χ1) is 30.5. The number of hydrogen-bond acceptors (Lipinski definition) is 6. The monoisotopic (exact) mass is 861 g/mol. The molecule has 0 saturated carbocycles. The number of unbranched alkanes of at least 4 members (excludes halogenated alkanes) is 17. The van der Waals surface area contributed by atoms with E-state index in [-0.39, 0.29) is 44.0 Å². The van der Waals surface area contributed by atoms with Gasteiger partial charge in [0.1, 0.15) is 13.2 Å². The zero-order valence-corrected chi connectivity index (χ0v) is 40.1. The summed E-state index contributed by atoms with van der Waals surface area (Å²) >= 11 is 0. The lowest BCUT2D eigenvalue weighted by Gasteiger charge is -2.18. The minimum atomic E-state index is -0.832. The van der Waals surface area contributed by atoms with Gasteiger partial charge in [0.15, 0.2) is 6.10 Å². The number of ether oxygens (including phenoxy) is 3. The summed E-state index contributed by atoms with van der Waals surface area (Å²) in [5.41, 5.74) is 0. The van der Waals surface area contributed by atoms with Crippen molar-refractivity contribution in [2.45, 2.75) is 226 Å². The Hall–Kier alpha value is -3.67. The molecule has 6 nitrogen and oxygen atoms in total. The highest BCUT2D eigenvalue weighted by Crippen LogP contribution is 2.13. The van der Waals surface area contributed by atoms with Crippen molar-refractivity contribution >= 4 is 17.9 Å². The van der Waals surface area contributed by atoms with Crippen LogP contribution in [-0.2, 0) is 28.6 Å². The summed E-state index contributed by atoms with van der Waals surface area (Å²) in [5.74, 6) is -1.09. The zero-order chi connectivity index (χ0) is 45.1. The van der Waals surface area contributed by atoms with E-state index in [2.05, 4.69) is 99.8 Å². The van der Waals surface area contributed by atoms with Crippen molar-refractivity contribution in [3.63, 3.8) is 0 Å². The second-order valence-corrected chi connectivity index (χ2v) is 16.3. The van der Waals surface area contributed by atoms with Gasteiger partial charge < -0.3 is 14.2 Å². The van der Waals surface area contributed by atoms with Gasteiger partial charge in [-0.1, -0.05) is 201 Å². The number of hydrogen-bond donors (Lipinski definition) is 0. The lowest BCUT2D eigenvalue weighted by molar-refractivity contribution is -0.166. The topological polar surface area (TPSA) is 78.9 Å². The van der Waals surface area contributed by atoms with E-state index in [9.17, 15) is 14.4 Å². The van der Waals surface area contributed by atoms with E-state index in [0.717, 1.165) is 64.2 Å². The van der Waals surface area contributed by atoms with Gasteiger partial charge in [-0.2, -0.15) is 0 Å². The molecule has 0 saturated heterocycles. The van der Waals surface area contributed by atoms with Crippen LogP contribution in [0.1, 0.15) is 220 Å². The molecule has 0 N–H and O–H groups in total. The van der Waals surface area contributed by atoms with Crippen LogP contribution in [0, 0.1) is 0 Å². The zero-order valence-electron chi connectivity index (χ0n) is 40.1. The van der Waals surface area contributed by atoms with Crippen LogP contribution in [-0.4, -0.2) is 37.2 Å². The van der Waals surface area contributed by atoms with Crippen LogP contribution in [0.15, 0.2) is 97.2 Å². The van der Waals surface area contributed by atoms with E-state index in [1.807, 2.05) is 18.2 Å². The maximum atomic E-state index is 12.8. The molecule has 0 radical (unpaired) electrons. The Morgan fingerprint density at radius 3 is 1.08 bits per heavy atom. The molecule has 0 aromatic carbocycles. The molecule has 1 atom stereocenters. The first-order valence-electron chi connectivity index (χ1n) is 25.2. The van der Waals surface area contributed by atoms with E-state index >= 15 is 0 Å². The van der Waals surface area contributed by atoms with Crippen molar-refractivity contribution in [3.8, 4) is 0 Å². The molecule has 62 heavy (non-hydrogen) atoms. The maximum Gasteiger partial charge on any atom is 0.306 e. The second kappa shape index (κ2) is 50.0. The van der Waals surface area contributed by atoms with E-state index < -0.39 is 6.10 Å². The lowest BCUT2D eigenvalue weighted by atomic mass is 10.1. The van der Waals surface area contributed by atoms with Crippen molar-refractivity contribution in [3.05, 3.63) is 97.2 Å². The fraction of sp³-hybridized carbons (Fsp3) is 0.661. The Labute approximate surface area is 381 Å². The first kappa shape index (κ1) is 58.3. The predicted octanol–water partition coefficient (Wildman–Crippen LogP) is 16.6. The van der Waals surface area contributed by atoms with Gasteiger partial charge in [-0.25, -0.2) is 0 Å². The summed E-state index contributed by atoms with van der Waals surface area (Å²) in [6.07, 6.45) is 65.6. The van der Waals surface area contributed by atoms with Crippen LogP contribution in [0.25, 0.3) is 0 Å². The van der Waals surface area contributed by atoms with Crippen LogP contribution in [0.4, 0.5) is 0 Å². The van der Waals surface area contributed by atoms with Gasteiger partial charge >= 0.3 is 17.9 Å². The van der Waals surface area contributed by atoms with Gasteiger partial charge in [-0.3, -0.25) is 14.4 Å². The van der Waals surface area contributed by atoms with Gasteiger partial charge in [-0.15, -0.1) is 0 Å². The molecular weight excluding hydrogens is 769 g/mol. The quantitative estimate of drug-likeness (QED) is 0.0263. The Balaban J connectivity index is 4.57. The molecule has 0 fully saturated rings. The van der Waals surface area contributed by atoms with Crippen LogP contribution >= 0.6 is 0 Å². The summed E-state index contributed by atoms with van der Waals surface area (Å²) in [5, 5.41) is 0. The Morgan fingerprint density at radius 2 is 0.661 bits per heavy atom. The molecule has 1 unspecified atom stereocenters. The fourth-order valence-electron chi connectivity index (χ4n) is 6.54. The van der Waals surface area contributed by atoms with Crippen molar-refractivity contribution in [1.29, 1.82) is 0 Å². The third-order valence-electron chi connectivity index (χ3n) is 10.3. The summed E-state index contributed by atoms with van der Waals surface area (Å²) in [6.45, 7) is 6.37. The SMILES string of the molecule is CC/C=C\C/C=C\C/C=C\C/C=C\C/C=C\CCC(=O)OCC(COC(=O)CC/C=C\C/C=C\CCCCCCCC)OC(=O)CCCCCCCCC/C=C\CCCCCC. The maximum absolute atomic E-state index is 12.8. The molecule has 0 spiro atoms. The fourth-order valence-corrected chi connectivity index (χ4v) is 6.54. The smallest absolute Gasteiger partial charge is 0.306 e. The molecule has 0 aliphatic heterocycles. The highest BCUT2D eigenvalue weighted by atomic mass is 16.6. The van der Waals surface area contributed by atoms with E-state index in [1.54, 1.807) is 0 Å². The average Bonchev–Trinajstić information content (AvgIpc) is 3.27. The largest absolute Gasteiger partial charge is 0.462 e. The number of allylic oxidation sites excluding steroid dienone is 16. The number of carbonyl (C=O) groups excluding carboxylic acids is 3. The van der Waals surface area contributed by atoms with Crippen molar-refractivity contribution < 1.29 is 28.6 Å². The van der Waals surface area contributed by atoms with Crippen LogP contribution in [0.3, 0.4) is 0 Å². The molecule has 0 bridgehead atoms. The standard InChI is InChI=1S/C56H92O6/c1-4-7-10-13-16-19-22-25-27-29-31-34-37-40-43-46-49-55(58)61-52-53(51-60-54(57)48-45-42-39-36-33-30-24-21-18-15-12-9-6-3)62-56(59)50-47-44-41-38-35-32-28-26-23-20-17-14-11-8-5-2/h7,10,16,19-20,23,25,27,30-31,33-34,39-40,42-43,53H,4-6,8-9,11-15,17-18,21-22,24,26,28-29,32,35-38,41,44-52H2,1-3H3/b10-7-,19-16-,23-20-,27-25-,33-30-,34-31-,42-39-,43-40-. The van der Waals surface area contributed by atoms with E-state index in [0.29, 0.717) is 19.3 Å². The van der Waals surface area contributed by atoms with Crippen LogP contribution in [0.2, 0.25) is 0 Å². The van der Waals surface area contributed by atoms with Gasteiger partial charge in [0, 0.05) is 19.3 Å². The average molecular weight is 861 g/mol. The highest BCUT2D eigenvalue weighted by Gasteiger charge is 2.19. The number of carbonyl (C=O) groups is 3. The predicted molar refractivity (Wildman–Crippen MR) is 265 cm³/mol. The van der Waals surface area contributed by atoms with E-state index in [4.69, 9.17) is 14.2 Å². The summed E-state index contributed by atoms with van der Waals surface area (Å²) < 4.78 is 16.6. The third-order valence-corrected chi connectivity index (χ3v) is 10.3. The van der Waals surface area contributed by atoms with Crippen molar-refractivity contribution in [1.82, 2.24) is 0 Å². The van der Waals surface area contributed by atoms with Gasteiger partial charge in [-0.05, 0) is 96.3 Å². The summed E-state index contributed by atoms with van der Waals surface area (Å²) in [4.78, 5) is 37.9. The van der Waals surface area contributed by atoms with E-state index in [1.165, 1.54) is 103 Å².